The lowest BCUT2D eigenvalue weighted by Gasteiger charge is -2.32. The van der Waals surface area contributed by atoms with Gasteiger partial charge >= 0.3 is 0 Å². The number of anilines is 1. The van der Waals surface area contributed by atoms with Crippen molar-refractivity contribution in [3.05, 3.63) is 65.7 Å². The average Bonchev–Trinajstić information content (AvgIpc) is 3.30. The number of halogens is 1. The van der Waals surface area contributed by atoms with Crippen LogP contribution < -0.4 is 10.2 Å². The Bertz CT molecular complexity index is 944. The minimum Gasteiger partial charge on any atom is -0.356 e. The Morgan fingerprint density at radius 2 is 2.03 bits per heavy atom. The van der Waals surface area contributed by atoms with Gasteiger partial charge in [0.05, 0.1) is 5.92 Å². The van der Waals surface area contributed by atoms with Crippen molar-refractivity contribution in [2.75, 3.05) is 24.5 Å². The van der Waals surface area contributed by atoms with Gasteiger partial charge in [-0.1, -0.05) is 23.7 Å². The first-order valence-corrected chi connectivity index (χ1v) is 10.2. The number of nitrogens with zero attached hydrogens (tertiary/aromatic N) is 5. The van der Waals surface area contributed by atoms with E-state index in [1.165, 1.54) is 0 Å². The monoisotopic (exact) mass is 410 g/mol. The first-order chi connectivity index (χ1) is 14.2. The van der Waals surface area contributed by atoms with E-state index in [-0.39, 0.29) is 11.8 Å². The number of carbonyl (C=O) groups excluding carboxylic acids is 1. The smallest absolute Gasteiger partial charge is 0.224 e. The van der Waals surface area contributed by atoms with Gasteiger partial charge in [-0.2, -0.15) is 5.10 Å². The minimum absolute atomic E-state index is 0.0444. The summed E-state index contributed by atoms with van der Waals surface area (Å²) in [5, 5.41) is 8.01. The highest BCUT2D eigenvalue weighted by atomic mass is 35.5. The van der Waals surface area contributed by atoms with E-state index < -0.39 is 0 Å². The van der Waals surface area contributed by atoms with E-state index in [1.54, 1.807) is 17.2 Å². The molecule has 3 heterocycles. The van der Waals surface area contributed by atoms with Crippen LogP contribution in [0.4, 0.5) is 5.82 Å². The molecular formula is C21H23ClN6O. The predicted molar refractivity (Wildman–Crippen MR) is 112 cm³/mol. The number of amides is 1. The molecule has 1 atom stereocenters. The molecule has 3 aromatic rings. The molecule has 1 N–H and O–H groups in total. The predicted octanol–water partition coefficient (Wildman–Crippen LogP) is 2.89. The van der Waals surface area contributed by atoms with Crippen molar-refractivity contribution in [2.24, 2.45) is 5.92 Å². The molecule has 0 saturated carbocycles. The van der Waals surface area contributed by atoms with Crippen LogP contribution >= 0.6 is 11.6 Å². The summed E-state index contributed by atoms with van der Waals surface area (Å²) in [7, 11) is 0. The van der Waals surface area contributed by atoms with E-state index in [0.717, 1.165) is 48.0 Å². The highest BCUT2D eigenvalue weighted by Crippen LogP contribution is 2.22. The van der Waals surface area contributed by atoms with Gasteiger partial charge in [-0.25, -0.2) is 14.6 Å². The Hall–Kier alpha value is -2.93. The molecule has 1 aliphatic heterocycles. The molecule has 4 rings (SSSR count). The molecule has 1 amide bonds. The lowest BCUT2D eigenvalue weighted by molar-refractivity contribution is -0.125. The molecule has 1 fully saturated rings. The second-order valence-corrected chi connectivity index (χ2v) is 7.57. The van der Waals surface area contributed by atoms with Crippen LogP contribution in [-0.2, 0) is 11.2 Å². The molecule has 7 nitrogen and oxygen atoms in total. The van der Waals surface area contributed by atoms with Crippen molar-refractivity contribution in [1.29, 1.82) is 0 Å². The molecule has 29 heavy (non-hydrogen) atoms. The van der Waals surface area contributed by atoms with Crippen LogP contribution in [0.2, 0.25) is 5.02 Å². The van der Waals surface area contributed by atoms with Gasteiger partial charge in [-0.15, -0.1) is 0 Å². The molecule has 150 valence electrons. The summed E-state index contributed by atoms with van der Waals surface area (Å²) in [5.41, 5.74) is 1.16. The van der Waals surface area contributed by atoms with Gasteiger partial charge in [0, 0.05) is 43.1 Å². The molecule has 1 aliphatic rings. The Kier molecular flexibility index (Phi) is 6.05. The van der Waals surface area contributed by atoms with Gasteiger partial charge in [0.25, 0.3) is 0 Å². The lowest BCUT2D eigenvalue weighted by Crippen LogP contribution is -2.43. The first kappa shape index (κ1) is 19.4. The third-order valence-electron chi connectivity index (χ3n) is 5.12. The topological polar surface area (TPSA) is 75.9 Å². The Balaban J connectivity index is 1.33. The zero-order valence-electron chi connectivity index (χ0n) is 16.0. The van der Waals surface area contributed by atoms with Crippen LogP contribution in [0.15, 0.2) is 55.1 Å². The molecule has 0 radical (unpaired) electrons. The molecule has 1 saturated heterocycles. The molecule has 1 unspecified atom stereocenters. The van der Waals surface area contributed by atoms with Crippen LogP contribution in [0.25, 0.3) is 5.82 Å². The van der Waals surface area contributed by atoms with Crippen LogP contribution in [0, 0.1) is 5.92 Å². The lowest BCUT2D eigenvalue weighted by atomic mass is 9.97. The number of aromatic nitrogens is 4. The van der Waals surface area contributed by atoms with E-state index in [0.29, 0.717) is 13.1 Å². The maximum atomic E-state index is 12.7. The zero-order valence-corrected chi connectivity index (χ0v) is 16.8. The summed E-state index contributed by atoms with van der Waals surface area (Å²) >= 11 is 5.91. The van der Waals surface area contributed by atoms with Crippen LogP contribution in [0.1, 0.15) is 18.4 Å². The minimum atomic E-state index is -0.0444. The third-order valence-corrected chi connectivity index (χ3v) is 5.37. The molecule has 8 heteroatoms. The number of benzene rings is 1. The van der Waals surface area contributed by atoms with Crippen LogP contribution in [0.3, 0.4) is 0 Å². The SMILES string of the molecule is O=C(NCCc1ccc(Cl)cc1)C1CCCN(c2cc(-n3cccn3)ncn2)C1. The largest absolute Gasteiger partial charge is 0.356 e. The van der Waals surface area contributed by atoms with Gasteiger partial charge in [0.2, 0.25) is 5.91 Å². The Labute approximate surface area is 174 Å². The van der Waals surface area contributed by atoms with Gasteiger partial charge < -0.3 is 10.2 Å². The highest BCUT2D eigenvalue weighted by molar-refractivity contribution is 6.30. The molecule has 0 bridgehead atoms. The van der Waals surface area contributed by atoms with Crippen molar-refractivity contribution in [3.63, 3.8) is 0 Å². The normalized spacial score (nSPS) is 16.6. The Morgan fingerprint density at radius 1 is 1.21 bits per heavy atom. The van der Waals surface area contributed by atoms with Gasteiger partial charge in [-0.05, 0) is 43.0 Å². The Morgan fingerprint density at radius 3 is 2.83 bits per heavy atom. The fourth-order valence-corrected chi connectivity index (χ4v) is 3.69. The van der Waals surface area contributed by atoms with E-state index in [9.17, 15) is 4.79 Å². The highest BCUT2D eigenvalue weighted by Gasteiger charge is 2.26. The summed E-state index contributed by atoms with van der Waals surface area (Å²) in [6.45, 7) is 2.15. The summed E-state index contributed by atoms with van der Waals surface area (Å²) in [6, 6.07) is 11.5. The average molecular weight is 411 g/mol. The molecule has 0 aliphatic carbocycles. The number of piperidine rings is 1. The van der Waals surface area contributed by atoms with Crippen LogP contribution in [-0.4, -0.2) is 45.3 Å². The molecule has 0 spiro atoms. The van der Waals surface area contributed by atoms with E-state index in [1.807, 2.05) is 42.6 Å². The van der Waals surface area contributed by atoms with E-state index in [4.69, 9.17) is 11.6 Å². The van der Waals surface area contributed by atoms with Crippen molar-refractivity contribution in [3.8, 4) is 5.82 Å². The number of hydrogen-bond acceptors (Lipinski definition) is 5. The number of carbonyl (C=O) groups is 1. The van der Waals surface area contributed by atoms with Crippen molar-refractivity contribution in [2.45, 2.75) is 19.3 Å². The molecule has 2 aromatic heterocycles. The quantitative estimate of drug-likeness (QED) is 0.676. The second kappa shape index (κ2) is 9.05. The molecule has 1 aromatic carbocycles. The van der Waals surface area contributed by atoms with Crippen molar-refractivity contribution < 1.29 is 4.79 Å². The summed E-state index contributed by atoms with van der Waals surface area (Å²) in [4.78, 5) is 23.5. The third kappa shape index (κ3) is 4.92. The van der Waals surface area contributed by atoms with E-state index >= 15 is 0 Å². The first-order valence-electron chi connectivity index (χ1n) is 9.78. The van der Waals surface area contributed by atoms with Gasteiger partial charge in [0.15, 0.2) is 5.82 Å². The van der Waals surface area contributed by atoms with E-state index in [2.05, 4.69) is 25.3 Å². The zero-order chi connectivity index (χ0) is 20.1. The number of nitrogens with one attached hydrogen (secondary N) is 1. The molecular weight excluding hydrogens is 388 g/mol. The fraction of sp³-hybridized carbons (Fsp3) is 0.333. The summed E-state index contributed by atoms with van der Waals surface area (Å²) in [6.07, 6.45) is 7.74. The maximum absolute atomic E-state index is 12.7. The number of rotatable bonds is 6. The second-order valence-electron chi connectivity index (χ2n) is 7.14. The summed E-state index contributed by atoms with van der Waals surface area (Å²) in [5.74, 6) is 1.60. The number of hydrogen-bond donors (Lipinski definition) is 1. The maximum Gasteiger partial charge on any atom is 0.224 e. The van der Waals surface area contributed by atoms with Gasteiger partial charge in [-0.3, -0.25) is 4.79 Å². The fourth-order valence-electron chi connectivity index (χ4n) is 3.56. The van der Waals surface area contributed by atoms with Crippen molar-refractivity contribution in [1.82, 2.24) is 25.1 Å². The standard InChI is InChI=1S/C21H23ClN6O/c22-18-6-4-16(5-7-18)8-10-23-21(29)17-3-1-11-27(14-17)19-13-20(25-15-24-19)28-12-2-9-26-28/h2,4-7,9,12-13,15,17H,1,3,8,10-11,14H2,(H,23,29). The summed E-state index contributed by atoms with van der Waals surface area (Å²) < 4.78 is 1.70. The van der Waals surface area contributed by atoms with Gasteiger partial charge in [0.1, 0.15) is 12.1 Å². The van der Waals surface area contributed by atoms with Crippen LogP contribution in [0.5, 0.6) is 0 Å². The van der Waals surface area contributed by atoms with Crippen molar-refractivity contribution >= 4 is 23.3 Å².